The highest BCUT2D eigenvalue weighted by Gasteiger charge is 1.96. The molecular formula is H5ClNO3P. The van der Waals surface area contributed by atoms with Crippen LogP contribution in [-0.2, 0) is 4.57 Å². The van der Waals surface area contributed by atoms with Gasteiger partial charge in [0.15, 0.2) is 0 Å². The second kappa shape index (κ2) is 2.55. The molecule has 0 amide bonds. The van der Waals surface area contributed by atoms with E-state index in [4.69, 9.17) is 14.4 Å². The van der Waals surface area contributed by atoms with Gasteiger partial charge in [-0.05, 0) is 0 Å². The molecule has 0 atom stereocenters. The number of hydrogen-bond donors (Lipinski definition) is 3. The van der Waals surface area contributed by atoms with Gasteiger partial charge in [0.1, 0.15) is 0 Å². The van der Waals surface area contributed by atoms with E-state index in [2.05, 4.69) is 5.50 Å². The summed E-state index contributed by atoms with van der Waals surface area (Å²) in [6.07, 6.45) is 0. The number of rotatable bonds is 0. The monoisotopic (exact) mass is 133 g/mol. The van der Waals surface area contributed by atoms with Crippen LogP contribution in [0.25, 0.3) is 0 Å². The van der Waals surface area contributed by atoms with Crippen LogP contribution in [0.4, 0.5) is 0 Å². The Labute approximate surface area is 41.0 Å². The molecule has 0 radical (unpaired) electrons. The molecule has 0 aliphatic carbocycles. The highest BCUT2D eigenvalue weighted by atomic mass is 35.5. The average Bonchev–Trinajstić information content (AvgIpc) is 0.722. The van der Waals surface area contributed by atoms with Crippen molar-refractivity contribution in [1.29, 1.82) is 0 Å². The molecule has 6 heavy (non-hydrogen) atoms. The van der Waals surface area contributed by atoms with Crippen LogP contribution < -0.4 is 5.50 Å². The predicted octanol–water partition coefficient (Wildman–Crippen LogP) is -0.540. The van der Waals surface area contributed by atoms with Crippen LogP contribution in [-0.4, -0.2) is 9.79 Å². The average molecular weight is 133 g/mol. The molecule has 0 heterocycles. The van der Waals surface area contributed by atoms with Gasteiger partial charge in [-0.2, -0.15) is 0 Å². The van der Waals surface area contributed by atoms with E-state index in [9.17, 15) is 0 Å². The maximum atomic E-state index is 9.10. The van der Waals surface area contributed by atoms with Crippen molar-refractivity contribution in [3.8, 4) is 0 Å². The Morgan fingerprint density at radius 2 is 1.50 bits per heavy atom. The van der Waals surface area contributed by atoms with Crippen molar-refractivity contribution in [2.24, 2.45) is 5.50 Å². The van der Waals surface area contributed by atoms with Gasteiger partial charge in [-0.3, -0.25) is 0 Å². The van der Waals surface area contributed by atoms with Crippen LogP contribution in [0.3, 0.4) is 0 Å². The van der Waals surface area contributed by atoms with Gasteiger partial charge >= 0.3 is 7.75 Å². The quantitative estimate of drug-likeness (QED) is 0.388. The van der Waals surface area contributed by atoms with Crippen LogP contribution in [0.15, 0.2) is 0 Å². The van der Waals surface area contributed by atoms with Gasteiger partial charge in [-0.1, -0.05) is 0 Å². The lowest BCUT2D eigenvalue weighted by molar-refractivity contribution is 0.374. The van der Waals surface area contributed by atoms with Gasteiger partial charge in [-0.25, -0.2) is 10.1 Å². The molecule has 0 spiro atoms. The third-order valence-corrected chi connectivity index (χ3v) is 0. The molecule has 0 aromatic heterocycles. The van der Waals surface area contributed by atoms with Gasteiger partial charge in [0.25, 0.3) is 0 Å². The molecule has 4 N–H and O–H groups in total. The Kier molecular flexibility index (Phi) is 4.10. The lowest BCUT2D eigenvalue weighted by atomic mass is 13.9. The minimum absolute atomic E-state index is 0. The number of hydrogen-bond acceptors (Lipinski definition) is 1. The first-order valence-electron chi connectivity index (χ1n) is 0.841. The summed E-state index contributed by atoms with van der Waals surface area (Å²) in [5, 5.41) is 0. The maximum absolute atomic E-state index is 9.10. The van der Waals surface area contributed by atoms with Crippen molar-refractivity contribution in [3.63, 3.8) is 0 Å². The second-order valence-corrected chi connectivity index (χ2v) is 1.77. The highest BCUT2D eigenvalue weighted by molar-refractivity contribution is 7.49. The minimum Gasteiger partial charge on any atom is -0.313 e. The Balaban J connectivity index is 0. The van der Waals surface area contributed by atoms with Crippen molar-refractivity contribution in [2.45, 2.75) is 0 Å². The fourth-order valence-electron chi connectivity index (χ4n) is 0. The Bertz CT molecular complexity index is 56.9. The zero-order valence-electron chi connectivity index (χ0n) is 2.74. The topological polar surface area (TPSA) is 83.6 Å². The molecule has 0 aliphatic heterocycles. The largest absolute Gasteiger partial charge is 0.397 e. The molecule has 0 saturated carbocycles. The Morgan fingerprint density at radius 1 is 1.50 bits per heavy atom. The fraction of sp³-hybridized carbons (Fsp3) is 0. The molecule has 0 rings (SSSR count). The van der Waals surface area contributed by atoms with Crippen LogP contribution >= 0.6 is 20.2 Å². The third-order valence-electron chi connectivity index (χ3n) is 0. The molecule has 0 unspecified atom stereocenters. The van der Waals surface area contributed by atoms with Crippen molar-refractivity contribution in [1.82, 2.24) is 0 Å². The van der Waals surface area contributed by atoms with Crippen LogP contribution in [0, 0.1) is 0 Å². The summed E-state index contributed by atoms with van der Waals surface area (Å²) in [7, 11) is -4.14. The predicted molar refractivity (Wildman–Crippen MR) is 23.5 cm³/mol. The summed E-state index contributed by atoms with van der Waals surface area (Å²) in [5.41, 5.74) is 4.02. The lowest BCUT2D eigenvalue weighted by Crippen LogP contribution is -1.87. The first-order chi connectivity index (χ1) is 2.00. The first-order valence-corrected chi connectivity index (χ1v) is 2.52. The molecule has 0 saturated heterocycles. The minimum atomic E-state index is -4.14. The lowest BCUT2D eigenvalue weighted by Gasteiger charge is -1.84. The first kappa shape index (κ1) is 9.64. The van der Waals surface area contributed by atoms with Gasteiger partial charge in [-0.15, -0.1) is 12.4 Å². The summed E-state index contributed by atoms with van der Waals surface area (Å²) in [6.45, 7) is 0. The van der Waals surface area contributed by atoms with Crippen LogP contribution in [0.1, 0.15) is 0 Å². The molecule has 6 heteroatoms. The fourth-order valence-corrected chi connectivity index (χ4v) is 0. The Hall–Kier alpha value is 0.400. The van der Waals surface area contributed by atoms with Crippen LogP contribution in [0.2, 0.25) is 0 Å². The van der Waals surface area contributed by atoms with Crippen molar-refractivity contribution in [2.75, 3.05) is 0 Å². The van der Waals surface area contributed by atoms with Gasteiger partial charge in [0.2, 0.25) is 0 Å². The molecular weight excluding hydrogens is 128 g/mol. The SMILES string of the molecule is Cl.NP(=O)(O)O. The second-order valence-electron chi connectivity index (χ2n) is 0.589. The van der Waals surface area contributed by atoms with Crippen molar-refractivity contribution in [3.05, 3.63) is 0 Å². The molecule has 0 fully saturated rings. The summed E-state index contributed by atoms with van der Waals surface area (Å²) >= 11 is 0. The maximum Gasteiger partial charge on any atom is 0.397 e. The summed E-state index contributed by atoms with van der Waals surface area (Å²) in [6, 6.07) is 0. The zero-order valence-corrected chi connectivity index (χ0v) is 4.45. The number of halogens is 1. The molecule has 0 aromatic carbocycles. The standard InChI is InChI=1S/ClH.H4NO3P/c;1-5(2,3)4/h1H;(H4,1,2,3,4). The zero-order chi connectivity index (χ0) is 4.50. The van der Waals surface area contributed by atoms with E-state index in [0.717, 1.165) is 0 Å². The smallest absolute Gasteiger partial charge is 0.313 e. The van der Waals surface area contributed by atoms with Crippen molar-refractivity contribution >= 4 is 20.2 Å². The van der Waals surface area contributed by atoms with E-state index in [0.29, 0.717) is 0 Å². The molecule has 0 aromatic rings. The molecule has 40 valence electrons. The summed E-state index contributed by atoms with van der Waals surface area (Å²) in [5.74, 6) is 0. The van der Waals surface area contributed by atoms with E-state index in [1.54, 1.807) is 0 Å². The molecule has 4 nitrogen and oxygen atoms in total. The van der Waals surface area contributed by atoms with Gasteiger partial charge in [0, 0.05) is 0 Å². The van der Waals surface area contributed by atoms with Gasteiger partial charge in [0.05, 0.1) is 0 Å². The van der Waals surface area contributed by atoms with E-state index >= 15 is 0 Å². The van der Waals surface area contributed by atoms with E-state index in [-0.39, 0.29) is 12.4 Å². The number of nitrogens with two attached hydrogens (primary N) is 1. The normalized spacial score (nSPS) is 9.83. The van der Waals surface area contributed by atoms with E-state index in [1.807, 2.05) is 0 Å². The van der Waals surface area contributed by atoms with E-state index < -0.39 is 7.75 Å². The van der Waals surface area contributed by atoms with Gasteiger partial charge < -0.3 is 9.79 Å². The summed E-state index contributed by atoms with van der Waals surface area (Å²) < 4.78 is 9.10. The Morgan fingerprint density at radius 3 is 1.50 bits per heavy atom. The summed E-state index contributed by atoms with van der Waals surface area (Å²) in [4.78, 5) is 14.8. The highest BCUT2D eigenvalue weighted by Crippen LogP contribution is 2.20. The van der Waals surface area contributed by atoms with Crippen molar-refractivity contribution < 1.29 is 14.4 Å². The molecule has 0 bridgehead atoms. The molecule has 0 aliphatic rings. The van der Waals surface area contributed by atoms with Crippen LogP contribution in [0.5, 0.6) is 0 Å². The third kappa shape index (κ3) is 318. The van der Waals surface area contributed by atoms with E-state index in [1.165, 1.54) is 0 Å².